The van der Waals surface area contributed by atoms with Crippen molar-refractivity contribution in [1.29, 1.82) is 0 Å². The molecule has 1 heterocycles. The molecule has 1 N–H and O–H groups in total. The van der Waals surface area contributed by atoms with Crippen LogP contribution in [0, 0.1) is 5.92 Å². The van der Waals surface area contributed by atoms with Crippen molar-refractivity contribution >= 4 is 0 Å². The molecular formula is C17H27NO3. The first-order valence-corrected chi connectivity index (χ1v) is 7.73. The first kappa shape index (κ1) is 16.1. The Labute approximate surface area is 127 Å². The molecule has 0 saturated carbocycles. The number of aliphatic hydroxyl groups is 1. The van der Waals surface area contributed by atoms with E-state index in [4.69, 9.17) is 9.47 Å². The van der Waals surface area contributed by atoms with Crippen molar-refractivity contribution in [2.75, 3.05) is 27.3 Å². The van der Waals surface area contributed by atoms with Crippen LogP contribution in [0.4, 0.5) is 0 Å². The molecule has 2 rings (SSSR count). The standard InChI is InChI=1S/C17H27NO3/c1-5-12(2)15(19)11-18-7-6-13-8-16(20-3)17(21-4)9-14(13)10-18/h8-9,12,15,19H,5-7,10-11H2,1-4H3. The highest BCUT2D eigenvalue weighted by Gasteiger charge is 2.22. The summed E-state index contributed by atoms with van der Waals surface area (Å²) in [7, 11) is 3.33. The van der Waals surface area contributed by atoms with Gasteiger partial charge in [0.15, 0.2) is 11.5 Å². The predicted molar refractivity (Wildman–Crippen MR) is 84.0 cm³/mol. The molecule has 4 heteroatoms. The zero-order chi connectivity index (χ0) is 15.4. The number of hydrogen-bond acceptors (Lipinski definition) is 4. The summed E-state index contributed by atoms with van der Waals surface area (Å²) in [6.07, 6.45) is 1.75. The lowest BCUT2D eigenvalue weighted by molar-refractivity contribution is 0.0634. The summed E-state index contributed by atoms with van der Waals surface area (Å²) in [6.45, 7) is 6.81. The average molecular weight is 293 g/mol. The Bertz CT molecular complexity index is 475. The largest absolute Gasteiger partial charge is 0.493 e. The Balaban J connectivity index is 2.09. The fourth-order valence-corrected chi connectivity index (χ4v) is 2.81. The molecule has 1 aromatic rings. The number of ether oxygens (including phenoxy) is 2. The first-order chi connectivity index (χ1) is 10.1. The summed E-state index contributed by atoms with van der Waals surface area (Å²) in [5, 5.41) is 10.2. The van der Waals surface area contributed by atoms with Crippen LogP contribution in [0.3, 0.4) is 0 Å². The SMILES string of the molecule is CCC(C)C(O)CN1CCc2cc(OC)c(OC)cc2C1. The van der Waals surface area contributed by atoms with Crippen LogP contribution in [0.25, 0.3) is 0 Å². The van der Waals surface area contributed by atoms with E-state index in [2.05, 4.69) is 30.9 Å². The third kappa shape index (κ3) is 3.69. The Hall–Kier alpha value is -1.26. The van der Waals surface area contributed by atoms with Gasteiger partial charge < -0.3 is 14.6 Å². The molecule has 118 valence electrons. The molecule has 0 amide bonds. The smallest absolute Gasteiger partial charge is 0.161 e. The quantitative estimate of drug-likeness (QED) is 0.875. The van der Waals surface area contributed by atoms with Crippen molar-refractivity contribution in [3.8, 4) is 11.5 Å². The van der Waals surface area contributed by atoms with E-state index in [1.165, 1.54) is 11.1 Å². The maximum absolute atomic E-state index is 10.2. The van der Waals surface area contributed by atoms with Gasteiger partial charge >= 0.3 is 0 Å². The third-order valence-electron chi connectivity index (χ3n) is 4.54. The van der Waals surface area contributed by atoms with E-state index in [1.54, 1.807) is 14.2 Å². The van der Waals surface area contributed by atoms with Crippen LogP contribution in [-0.2, 0) is 13.0 Å². The Kier molecular flexibility index (Phi) is 5.48. The van der Waals surface area contributed by atoms with Crippen LogP contribution in [0.15, 0.2) is 12.1 Å². The summed E-state index contributed by atoms with van der Waals surface area (Å²) in [4.78, 5) is 2.32. The van der Waals surface area contributed by atoms with Crippen molar-refractivity contribution in [2.45, 2.75) is 39.3 Å². The maximum Gasteiger partial charge on any atom is 0.161 e. The second-order valence-electron chi connectivity index (χ2n) is 5.91. The second-order valence-corrected chi connectivity index (χ2v) is 5.91. The lowest BCUT2D eigenvalue weighted by atomic mass is 9.96. The number of rotatable bonds is 6. The predicted octanol–water partition coefficient (Wildman–Crippen LogP) is 2.47. The minimum Gasteiger partial charge on any atom is -0.493 e. The van der Waals surface area contributed by atoms with Crippen LogP contribution in [0.2, 0.25) is 0 Å². The molecule has 0 fully saturated rings. The fourth-order valence-electron chi connectivity index (χ4n) is 2.81. The molecule has 4 nitrogen and oxygen atoms in total. The Morgan fingerprint density at radius 1 is 1.19 bits per heavy atom. The van der Waals surface area contributed by atoms with E-state index in [1.807, 2.05) is 0 Å². The summed E-state index contributed by atoms with van der Waals surface area (Å²) in [5.74, 6) is 1.92. The summed E-state index contributed by atoms with van der Waals surface area (Å²) in [5.41, 5.74) is 2.59. The summed E-state index contributed by atoms with van der Waals surface area (Å²) >= 11 is 0. The fraction of sp³-hybridized carbons (Fsp3) is 0.647. The molecule has 0 spiro atoms. The molecule has 1 aliphatic heterocycles. The lowest BCUT2D eigenvalue weighted by Crippen LogP contribution is -2.38. The molecule has 21 heavy (non-hydrogen) atoms. The van der Waals surface area contributed by atoms with Gasteiger partial charge in [0.2, 0.25) is 0 Å². The Morgan fingerprint density at radius 3 is 2.38 bits per heavy atom. The summed E-state index contributed by atoms with van der Waals surface area (Å²) in [6, 6.07) is 4.15. The number of methoxy groups -OCH3 is 2. The maximum atomic E-state index is 10.2. The molecule has 2 unspecified atom stereocenters. The van der Waals surface area contributed by atoms with Gasteiger partial charge in [0.25, 0.3) is 0 Å². The van der Waals surface area contributed by atoms with Gasteiger partial charge in [-0.1, -0.05) is 20.3 Å². The molecule has 0 aliphatic carbocycles. The van der Waals surface area contributed by atoms with Crippen LogP contribution >= 0.6 is 0 Å². The van der Waals surface area contributed by atoms with Crippen molar-refractivity contribution in [3.05, 3.63) is 23.3 Å². The van der Waals surface area contributed by atoms with Crippen LogP contribution < -0.4 is 9.47 Å². The van der Waals surface area contributed by atoms with Crippen molar-refractivity contribution in [3.63, 3.8) is 0 Å². The second kappa shape index (κ2) is 7.14. The highest BCUT2D eigenvalue weighted by Crippen LogP contribution is 2.33. The Morgan fingerprint density at radius 2 is 1.81 bits per heavy atom. The van der Waals surface area contributed by atoms with Crippen LogP contribution in [-0.4, -0.2) is 43.4 Å². The van der Waals surface area contributed by atoms with E-state index in [-0.39, 0.29) is 6.10 Å². The summed E-state index contributed by atoms with van der Waals surface area (Å²) < 4.78 is 10.7. The number of hydrogen-bond donors (Lipinski definition) is 1. The van der Waals surface area contributed by atoms with Gasteiger partial charge in [-0.05, 0) is 35.6 Å². The van der Waals surface area contributed by atoms with Gasteiger partial charge in [-0.2, -0.15) is 0 Å². The molecule has 0 aromatic heterocycles. The van der Waals surface area contributed by atoms with E-state index < -0.39 is 0 Å². The van der Waals surface area contributed by atoms with E-state index in [0.717, 1.165) is 44.0 Å². The normalized spacial score (nSPS) is 18.0. The van der Waals surface area contributed by atoms with E-state index in [9.17, 15) is 5.11 Å². The third-order valence-corrected chi connectivity index (χ3v) is 4.54. The molecule has 1 aromatic carbocycles. The number of nitrogens with zero attached hydrogens (tertiary/aromatic N) is 1. The van der Waals surface area contributed by atoms with Gasteiger partial charge in [0.1, 0.15) is 0 Å². The number of β-amino-alcohol motifs (C(OH)–C–C–N with tert-alkyl or cyclic N) is 1. The number of benzene rings is 1. The monoisotopic (exact) mass is 293 g/mol. The van der Waals surface area contributed by atoms with Gasteiger partial charge in [0, 0.05) is 19.6 Å². The van der Waals surface area contributed by atoms with Crippen molar-refractivity contribution < 1.29 is 14.6 Å². The average Bonchev–Trinajstić information content (AvgIpc) is 2.52. The van der Waals surface area contributed by atoms with Gasteiger partial charge in [-0.25, -0.2) is 0 Å². The highest BCUT2D eigenvalue weighted by molar-refractivity contribution is 5.48. The van der Waals surface area contributed by atoms with Crippen molar-refractivity contribution in [1.82, 2.24) is 4.90 Å². The molecule has 2 atom stereocenters. The van der Waals surface area contributed by atoms with E-state index in [0.29, 0.717) is 5.92 Å². The molecule has 0 radical (unpaired) electrons. The number of aliphatic hydroxyl groups excluding tert-OH is 1. The minimum absolute atomic E-state index is 0.253. The first-order valence-electron chi connectivity index (χ1n) is 7.73. The van der Waals surface area contributed by atoms with Gasteiger partial charge in [-0.15, -0.1) is 0 Å². The van der Waals surface area contributed by atoms with Crippen molar-refractivity contribution in [2.24, 2.45) is 5.92 Å². The number of fused-ring (bicyclic) bond motifs is 1. The minimum atomic E-state index is -0.253. The van der Waals surface area contributed by atoms with Crippen LogP contribution in [0.5, 0.6) is 11.5 Å². The molecule has 1 aliphatic rings. The van der Waals surface area contributed by atoms with E-state index >= 15 is 0 Å². The molecular weight excluding hydrogens is 266 g/mol. The van der Waals surface area contributed by atoms with Crippen LogP contribution in [0.1, 0.15) is 31.4 Å². The zero-order valence-corrected chi connectivity index (χ0v) is 13.6. The topological polar surface area (TPSA) is 41.9 Å². The lowest BCUT2D eigenvalue weighted by Gasteiger charge is -2.32. The highest BCUT2D eigenvalue weighted by atomic mass is 16.5. The molecule has 0 bridgehead atoms. The molecule has 0 saturated heterocycles. The zero-order valence-electron chi connectivity index (χ0n) is 13.6. The van der Waals surface area contributed by atoms with Gasteiger partial charge in [0.05, 0.1) is 20.3 Å². The van der Waals surface area contributed by atoms with Gasteiger partial charge in [-0.3, -0.25) is 4.90 Å².